The number of likely N-dealkylation sites (tertiary alicyclic amines) is 1. The molecule has 0 spiro atoms. The maximum Gasteiger partial charge on any atom is 0.417 e. The largest absolute Gasteiger partial charge is 0.417 e. The van der Waals surface area contributed by atoms with Crippen LogP contribution in [-0.4, -0.2) is 66.5 Å². The number of piperidine rings is 1. The highest BCUT2D eigenvalue weighted by Crippen LogP contribution is 2.29. The van der Waals surface area contributed by atoms with Crippen LogP contribution in [0.3, 0.4) is 0 Å². The third-order valence-corrected chi connectivity index (χ3v) is 5.27. The van der Waals surface area contributed by atoms with E-state index in [2.05, 4.69) is 16.8 Å². The Morgan fingerprint density at radius 3 is 2.31 bits per heavy atom. The molecule has 0 aromatic carbocycles. The predicted octanol–water partition coefficient (Wildman–Crippen LogP) is 2.48. The van der Waals surface area contributed by atoms with Crippen LogP contribution < -0.4 is 4.90 Å². The zero-order chi connectivity index (χ0) is 18.7. The molecule has 2 fully saturated rings. The Hall–Kier alpha value is -1.83. The van der Waals surface area contributed by atoms with Gasteiger partial charge in [-0.2, -0.15) is 13.2 Å². The summed E-state index contributed by atoms with van der Waals surface area (Å²) < 4.78 is 37.8. The van der Waals surface area contributed by atoms with Gasteiger partial charge in [-0.3, -0.25) is 9.69 Å². The smallest absolute Gasteiger partial charge is 0.353 e. The summed E-state index contributed by atoms with van der Waals surface area (Å²) in [5, 5.41) is 0. The van der Waals surface area contributed by atoms with Gasteiger partial charge in [0, 0.05) is 32.4 Å². The second-order valence-electron chi connectivity index (χ2n) is 7.23. The fraction of sp³-hybridized carbons (Fsp3) is 0.667. The number of amides is 1. The number of pyridine rings is 1. The highest BCUT2D eigenvalue weighted by atomic mass is 19.4. The number of carbonyl (C=O) groups is 1. The Morgan fingerprint density at radius 1 is 1.12 bits per heavy atom. The number of hydrogen-bond acceptors (Lipinski definition) is 4. The van der Waals surface area contributed by atoms with Crippen LogP contribution in [0.25, 0.3) is 0 Å². The highest BCUT2D eigenvalue weighted by Gasteiger charge is 2.31. The van der Waals surface area contributed by atoms with Crippen LogP contribution in [0.5, 0.6) is 0 Å². The van der Waals surface area contributed by atoms with Gasteiger partial charge in [0.25, 0.3) is 0 Å². The summed E-state index contributed by atoms with van der Waals surface area (Å²) in [7, 11) is 0. The molecule has 0 unspecified atom stereocenters. The Labute approximate surface area is 151 Å². The second-order valence-corrected chi connectivity index (χ2v) is 7.23. The van der Waals surface area contributed by atoms with Gasteiger partial charge in [0.05, 0.1) is 12.1 Å². The van der Waals surface area contributed by atoms with Crippen molar-refractivity contribution in [3.63, 3.8) is 0 Å². The number of nitrogens with zero attached hydrogens (tertiary/aromatic N) is 4. The van der Waals surface area contributed by atoms with Gasteiger partial charge in [-0.05, 0) is 44.0 Å². The molecule has 0 bridgehead atoms. The second kappa shape index (κ2) is 7.82. The molecular weight excluding hydrogens is 345 g/mol. The van der Waals surface area contributed by atoms with Crippen LogP contribution in [0.15, 0.2) is 18.3 Å². The first-order valence-corrected chi connectivity index (χ1v) is 9.11. The minimum Gasteiger partial charge on any atom is -0.353 e. The van der Waals surface area contributed by atoms with Crippen molar-refractivity contribution in [2.75, 3.05) is 50.7 Å². The first-order chi connectivity index (χ1) is 12.3. The number of halogens is 3. The minimum absolute atomic E-state index is 0.139. The van der Waals surface area contributed by atoms with E-state index in [-0.39, 0.29) is 5.91 Å². The maximum atomic E-state index is 12.6. The van der Waals surface area contributed by atoms with Crippen molar-refractivity contribution in [1.82, 2.24) is 14.8 Å². The number of aromatic nitrogens is 1. The molecule has 26 heavy (non-hydrogen) atoms. The van der Waals surface area contributed by atoms with E-state index in [4.69, 9.17) is 0 Å². The van der Waals surface area contributed by atoms with E-state index >= 15 is 0 Å². The van der Waals surface area contributed by atoms with Crippen LogP contribution in [0.4, 0.5) is 19.0 Å². The normalized spacial score (nSPS) is 20.5. The lowest BCUT2D eigenvalue weighted by Gasteiger charge is -2.37. The fourth-order valence-electron chi connectivity index (χ4n) is 3.44. The van der Waals surface area contributed by atoms with Gasteiger partial charge in [0.15, 0.2) is 0 Å². The number of piperazine rings is 1. The lowest BCUT2D eigenvalue weighted by atomic mass is 9.99. The van der Waals surface area contributed by atoms with Crippen molar-refractivity contribution in [1.29, 1.82) is 0 Å². The van der Waals surface area contributed by atoms with E-state index in [0.29, 0.717) is 38.5 Å². The summed E-state index contributed by atoms with van der Waals surface area (Å²) in [6.45, 7) is 6.98. The third kappa shape index (κ3) is 4.66. The third-order valence-electron chi connectivity index (χ3n) is 5.27. The standard InChI is InChI=1S/C18H25F3N4O/c1-14-4-6-23(7-5-14)13-17(26)25-10-8-24(9-11-25)16-3-2-15(12-22-16)18(19,20)21/h2-3,12,14H,4-11,13H2,1H3. The molecule has 1 aromatic rings. The van der Waals surface area contributed by atoms with E-state index in [9.17, 15) is 18.0 Å². The Morgan fingerprint density at radius 2 is 1.77 bits per heavy atom. The highest BCUT2D eigenvalue weighted by molar-refractivity contribution is 5.78. The van der Waals surface area contributed by atoms with Crippen molar-refractivity contribution in [3.8, 4) is 0 Å². The minimum atomic E-state index is -4.37. The molecule has 0 saturated carbocycles. The molecule has 3 rings (SSSR count). The molecule has 1 aromatic heterocycles. The monoisotopic (exact) mass is 370 g/mol. The molecule has 144 valence electrons. The maximum absolute atomic E-state index is 12.6. The summed E-state index contributed by atoms with van der Waals surface area (Å²) in [4.78, 5) is 22.4. The number of anilines is 1. The zero-order valence-corrected chi connectivity index (χ0v) is 15.0. The van der Waals surface area contributed by atoms with Crippen LogP contribution in [0, 0.1) is 5.92 Å². The Balaban J connectivity index is 1.48. The van der Waals surface area contributed by atoms with E-state index in [0.717, 1.165) is 44.1 Å². The molecule has 0 N–H and O–H groups in total. The average Bonchev–Trinajstić information content (AvgIpc) is 2.63. The number of rotatable bonds is 3. The van der Waals surface area contributed by atoms with E-state index in [1.807, 2.05) is 9.80 Å². The van der Waals surface area contributed by atoms with Gasteiger partial charge >= 0.3 is 6.18 Å². The quantitative estimate of drug-likeness (QED) is 0.820. The van der Waals surface area contributed by atoms with Crippen LogP contribution in [-0.2, 0) is 11.0 Å². The SMILES string of the molecule is CC1CCN(CC(=O)N2CCN(c3ccc(C(F)(F)F)cn3)CC2)CC1. The van der Waals surface area contributed by atoms with Crippen molar-refractivity contribution < 1.29 is 18.0 Å². The van der Waals surface area contributed by atoms with Crippen molar-refractivity contribution in [3.05, 3.63) is 23.9 Å². The van der Waals surface area contributed by atoms with Gasteiger partial charge in [0.2, 0.25) is 5.91 Å². The number of carbonyl (C=O) groups excluding carboxylic acids is 1. The summed E-state index contributed by atoms with van der Waals surface area (Å²) in [6.07, 6.45) is -1.23. The van der Waals surface area contributed by atoms with Gasteiger partial charge < -0.3 is 9.80 Å². The molecule has 0 aliphatic carbocycles. The lowest BCUT2D eigenvalue weighted by Crippen LogP contribution is -2.52. The topological polar surface area (TPSA) is 39.7 Å². The van der Waals surface area contributed by atoms with Gasteiger partial charge in [-0.15, -0.1) is 0 Å². The van der Waals surface area contributed by atoms with Gasteiger partial charge in [-0.1, -0.05) is 6.92 Å². The van der Waals surface area contributed by atoms with Crippen LogP contribution in [0.1, 0.15) is 25.3 Å². The van der Waals surface area contributed by atoms with Crippen molar-refractivity contribution >= 4 is 11.7 Å². The molecule has 3 heterocycles. The van der Waals surface area contributed by atoms with E-state index in [1.165, 1.54) is 6.07 Å². The van der Waals surface area contributed by atoms with Gasteiger partial charge in [-0.25, -0.2) is 4.98 Å². The van der Waals surface area contributed by atoms with E-state index in [1.54, 1.807) is 0 Å². The zero-order valence-electron chi connectivity index (χ0n) is 15.0. The summed E-state index contributed by atoms with van der Waals surface area (Å²) >= 11 is 0. The van der Waals surface area contributed by atoms with Crippen molar-refractivity contribution in [2.24, 2.45) is 5.92 Å². The molecule has 0 atom stereocenters. The molecule has 8 heteroatoms. The first-order valence-electron chi connectivity index (χ1n) is 9.11. The van der Waals surface area contributed by atoms with Crippen LogP contribution >= 0.6 is 0 Å². The Bertz CT molecular complexity index is 604. The summed E-state index contributed by atoms with van der Waals surface area (Å²) in [5.74, 6) is 1.40. The molecule has 0 radical (unpaired) electrons. The summed E-state index contributed by atoms with van der Waals surface area (Å²) in [5.41, 5.74) is -0.745. The first kappa shape index (κ1) is 18.9. The number of alkyl halides is 3. The molecule has 5 nitrogen and oxygen atoms in total. The van der Waals surface area contributed by atoms with Crippen LogP contribution in [0.2, 0.25) is 0 Å². The molecule has 2 aliphatic heterocycles. The van der Waals surface area contributed by atoms with Crippen molar-refractivity contribution in [2.45, 2.75) is 25.9 Å². The molecule has 2 saturated heterocycles. The Kier molecular flexibility index (Phi) is 5.70. The van der Waals surface area contributed by atoms with E-state index < -0.39 is 11.7 Å². The van der Waals surface area contributed by atoms with Gasteiger partial charge in [0.1, 0.15) is 5.82 Å². The number of hydrogen-bond donors (Lipinski definition) is 0. The fourth-order valence-corrected chi connectivity index (χ4v) is 3.44. The molecule has 2 aliphatic rings. The lowest BCUT2D eigenvalue weighted by molar-refractivity contribution is -0.138. The predicted molar refractivity (Wildman–Crippen MR) is 92.9 cm³/mol. The summed E-state index contributed by atoms with van der Waals surface area (Å²) in [6, 6.07) is 2.45. The average molecular weight is 370 g/mol. The molecule has 1 amide bonds. The molecular formula is C18H25F3N4O.